The van der Waals surface area contributed by atoms with E-state index in [4.69, 9.17) is 9.47 Å². The number of aromatic carboxylic acids is 1. The van der Waals surface area contributed by atoms with Crippen molar-refractivity contribution in [3.63, 3.8) is 0 Å². The first-order valence-corrected chi connectivity index (χ1v) is 16.0. The third kappa shape index (κ3) is 7.28. The topological polar surface area (TPSA) is 105 Å². The number of pyridine rings is 2. The smallest absolute Gasteiger partial charge is 0.416 e. The molecule has 6 rings (SSSR count). The molecule has 9 nitrogen and oxygen atoms in total. The molecular weight excluding hydrogens is 720 g/mol. The summed E-state index contributed by atoms with van der Waals surface area (Å²) in [7, 11) is 1.35. The van der Waals surface area contributed by atoms with Gasteiger partial charge in [0, 0.05) is 22.9 Å². The fraction of sp³-hybridized carbons (Fsp3) is 0.333. The first-order valence-electron chi connectivity index (χ1n) is 16.0. The Bertz CT molecular complexity index is 2060. The predicted octanol–water partition coefficient (Wildman–Crippen LogP) is 8.71. The minimum Gasteiger partial charge on any atom is -0.481 e. The first kappa shape index (κ1) is 37.3. The van der Waals surface area contributed by atoms with Gasteiger partial charge in [0.1, 0.15) is 11.9 Å². The van der Waals surface area contributed by atoms with Gasteiger partial charge in [0.25, 0.3) is 5.92 Å². The molecule has 0 radical (unpaired) electrons. The number of aryl methyl sites for hydroxylation is 2. The summed E-state index contributed by atoms with van der Waals surface area (Å²) in [6.45, 7) is 3.16. The standard InChI is InChI=1S/C36H30F8N4O5/c1-17-7-21(32(49)50)8-18(2)29(17)22-11-26(31(52-4)45-13-22)25-5-6-28(47-15-34(37,38)16-47)46-27(25)14-48-19(3)30(53-33(48)51)20-9-23(35(39,40)41)12-24(10-20)36(42,43)44/h5-13,19,30H,14-16H2,1-4H3,(H,49,50). The van der Waals surface area contributed by atoms with Crippen molar-refractivity contribution in [2.75, 3.05) is 25.1 Å². The summed E-state index contributed by atoms with van der Waals surface area (Å²) in [4.78, 5) is 36.4. The molecule has 1 amide bonds. The van der Waals surface area contributed by atoms with Gasteiger partial charge in [-0.2, -0.15) is 26.3 Å². The maximum atomic E-state index is 13.9. The van der Waals surface area contributed by atoms with Gasteiger partial charge in [-0.3, -0.25) is 4.90 Å². The van der Waals surface area contributed by atoms with E-state index < -0.39 is 78.8 Å². The lowest BCUT2D eigenvalue weighted by Gasteiger charge is -2.39. The summed E-state index contributed by atoms with van der Waals surface area (Å²) in [5, 5.41) is 9.52. The summed E-state index contributed by atoms with van der Waals surface area (Å²) < 4.78 is 121. The molecule has 2 aliphatic heterocycles. The number of rotatable bonds is 8. The molecular formula is C36H30F8N4O5. The number of anilines is 1. The summed E-state index contributed by atoms with van der Waals surface area (Å²) in [5.74, 6) is -3.86. The number of ether oxygens (including phenoxy) is 2. The molecule has 2 unspecified atom stereocenters. The van der Waals surface area contributed by atoms with Crippen LogP contribution in [0, 0.1) is 13.8 Å². The van der Waals surface area contributed by atoms with Crippen molar-refractivity contribution in [3.8, 4) is 28.1 Å². The summed E-state index contributed by atoms with van der Waals surface area (Å²) in [6, 6.07) is 7.56. The average Bonchev–Trinajstić information content (AvgIpc) is 3.34. The quantitative estimate of drug-likeness (QED) is 0.179. The molecule has 1 N–H and O–H groups in total. The Morgan fingerprint density at radius 3 is 2.09 bits per heavy atom. The van der Waals surface area contributed by atoms with Crippen LogP contribution in [0.2, 0.25) is 0 Å². The van der Waals surface area contributed by atoms with Crippen molar-refractivity contribution in [1.29, 1.82) is 0 Å². The molecule has 0 bridgehead atoms. The van der Waals surface area contributed by atoms with E-state index in [9.17, 15) is 49.8 Å². The van der Waals surface area contributed by atoms with Crippen LogP contribution in [-0.2, 0) is 23.6 Å². The lowest BCUT2D eigenvalue weighted by Crippen LogP contribution is -2.56. The highest BCUT2D eigenvalue weighted by molar-refractivity contribution is 5.90. The summed E-state index contributed by atoms with van der Waals surface area (Å²) in [6.07, 6.45) is -11.4. The predicted molar refractivity (Wildman–Crippen MR) is 174 cm³/mol. The zero-order valence-electron chi connectivity index (χ0n) is 28.4. The van der Waals surface area contributed by atoms with Crippen molar-refractivity contribution in [3.05, 3.63) is 93.8 Å². The van der Waals surface area contributed by atoms with Gasteiger partial charge in [-0.05, 0) is 91.6 Å². The second kappa shape index (κ2) is 13.2. The number of aromatic nitrogens is 2. The molecule has 0 saturated carbocycles. The number of amides is 1. The molecule has 4 aromatic rings. The highest BCUT2D eigenvalue weighted by atomic mass is 19.4. The van der Waals surface area contributed by atoms with Crippen LogP contribution in [0.15, 0.2) is 54.7 Å². The Morgan fingerprint density at radius 2 is 1.57 bits per heavy atom. The molecule has 53 heavy (non-hydrogen) atoms. The molecule has 2 fully saturated rings. The van der Waals surface area contributed by atoms with Gasteiger partial charge in [0.15, 0.2) is 0 Å². The van der Waals surface area contributed by atoms with Gasteiger partial charge in [0.2, 0.25) is 5.88 Å². The molecule has 2 aromatic heterocycles. The Morgan fingerprint density at radius 1 is 0.962 bits per heavy atom. The van der Waals surface area contributed by atoms with Crippen LogP contribution >= 0.6 is 0 Å². The van der Waals surface area contributed by atoms with Crippen molar-refractivity contribution in [1.82, 2.24) is 14.9 Å². The van der Waals surface area contributed by atoms with Crippen LogP contribution in [0.25, 0.3) is 22.3 Å². The number of hydrogen-bond donors (Lipinski definition) is 1. The average molecular weight is 751 g/mol. The van der Waals surface area contributed by atoms with E-state index in [1.807, 2.05) is 0 Å². The maximum absolute atomic E-state index is 13.9. The Labute approximate surface area is 296 Å². The van der Waals surface area contributed by atoms with Crippen LogP contribution in [0.5, 0.6) is 5.88 Å². The van der Waals surface area contributed by atoms with Crippen LogP contribution < -0.4 is 9.64 Å². The van der Waals surface area contributed by atoms with Gasteiger partial charge < -0.3 is 19.5 Å². The fourth-order valence-corrected chi connectivity index (χ4v) is 6.66. The number of carboxylic acid groups (broad SMARTS) is 1. The van der Waals surface area contributed by atoms with Crippen LogP contribution in [0.4, 0.5) is 45.7 Å². The number of halogens is 8. The Kier molecular flexibility index (Phi) is 9.27. The van der Waals surface area contributed by atoms with E-state index in [1.165, 1.54) is 43.3 Å². The minimum atomic E-state index is -5.13. The lowest BCUT2D eigenvalue weighted by molar-refractivity contribution is -0.143. The molecule has 0 aliphatic carbocycles. The zero-order valence-corrected chi connectivity index (χ0v) is 28.4. The number of methoxy groups -OCH3 is 1. The third-order valence-corrected chi connectivity index (χ3v) is 9.18. The van der Waals surface area contributed by atoms with E-state index in [-0.39, 0.29) is 29.0 Å². The van der Waals surface area contributed by atoms with Crippen LogP contribution in [-0.4, -0.2) is 64.2 Å². The van der Waals surface area contributed by atoms with Crippen LogP contribution in [0.1, 0.15) is 56.9 Å². The molecule has 280 valence electrons. The largest absolute Gasteiger partial charge is 0.481 e. The van der Waals surface area contributed by atoms with E-state index in [0.29, 0.717) is 45.5 Å². The third-order valence-electron chi connectivity index (χ3n) is 9.18. The zero-order chi connectivity index (χ0) is 38.8. The molecule has 4 heterocycles. The molecule has 2 aliphatic rings. The fourth-order valence-electron chi connectivity index (χ4n) is 6.66. The number of alkyl halides is 8. The number of cyclic esters (lactones) is 1. The van der Waals surface area contributed by atoms with Crippen LogP contribution in [0.3, 0.4) is 0 Å². The summed E-state index contributed by atoms with van der Waals surface area (Å²) in [5.41, 5.74) is -0.398. The minimum absolute atomic E-state index is 0.0250. The molecule has 2 atom stereocenters. The maximum Gasteiger partial charge on any atom is 0.416 e. The highest BCUT2D eigenvalue weighted by Crippen LogP contribution is 2.43. The monoisotopic (exact) mass is 750 g/mol. The van der Waals surface area contributed by atoms with Crippen molar-refractivity contribution < 1.29 is 59.3 Å². The van der Waals surface area contributed by atoms with Gasteiger partial charge in [0.05, 0.1) is 55.2 Å². The molecule has 2 aromatic carbocycles. The lowest BCUT2D eigenvalue weighted by atomic mass is 9.92. The second-order valence-corrected chi connectivity index (χ2v) is 13.0. The Balaban J connectivity index is 1.43. The summed E-state index contributed by atoms with van der Waals surface area (Å²) >= 11 is 0. The van der Waals surface area contributed by atoms with Gasteiger partial charge in [-0.15, -0.1) is 0 Å². The van der Waals surface area contributed by atoms with Gasteiger partial charge in [-0.25, -0.2) is 28.3 Å². The highest BCUT2D eigenvalue weighted by Gasteiger charge is 2.46. The number of carbonyl (C=O) groups excluding carboxylic acids is 1. The van der Waals surface area contributed by atoms with E-state index in [2.05, 4.69) is 9.97 Å². The van der Waals surface area contributed by atoms with Gasteiger partial charge >= 0.3 is 24.4 Å². The number of benzene rings is 2. The second-order valence-electron chi connectivity index (χ2n) is 13.0. The van der Waals surface area contributed by atoms with Crippen molar-refractivity contribution in [2.24, 2.45) is 0 Å². The molecule has 0 spiro atoms. The first-order chi connectivity index (χ1) is 24.7. The van der Waals surface area contributed by atoms with Crippen molar-refractivity contribution in [2.45, 2.75) is 57.7 Å². The number of carbonyl (C=O) groups is 2. The molecule has 17 heteroatoms. The van der Waals surface area contributed by atoms with E-state index >= 15 is 0 Å². The van der Waals surface area contributed by atoms with E-state index in [1.54, 1.807) is 26.0 Å². The number of nitrogens with zero attached hydrogens (tertiary/aromatic N) is 4. The van der Waals surface area contributed by atoms with E-state index in [0.717, 1.165) is 4.90 Å². The number of carboxylic acids is 1. The number of hydrogen-bond acceptors (Lipinski definition) is 7. The molecule has 2 saturated heterocycles. The van der Waals surface area contributed by atoms with Gasteiger partial charge in [-0.1, -0.05) is 0 Å². The van der Waals surface area contributed by atoms with Crippen molar-refractivity contribution >= 4 is 17.9 Å². The SMILES string of the molecule is COc1ncc(-c2c(C)cc(C(=O)O)cc2C)cc1-c1ccc(N2CC(F)(F)C2)nc1CN1C(=O)OC(c2cc(C(F)(F)F)cc(C(F)(F)F)c2)C1C. The normalized spacial score (nSPS) is 18.5. The Hall–Kier alpha value is -5.48.